The van der Waals surface area contributed by atoms with Crippen molar-refractivity contribution in [2.75, 3.05) is 19.6 Å². The Balaban J connectivity index is 1.69. The minimum atomic E-state index is -0.347. The molecule has 1 aromatic heterocycles. The lowest BCUT2D eigenvalue weighted by atomic mass is 10.2. The Bertz CT molecular complexity index is 512. The van der Waals surface area contributed by atoms with Gasteiger partial charge in [0.25, 0.3) is 5.91 Å². The van der Waals surface area contributed by atoms with Crippen molar-refractivity contribution in [3.63, 3.8) is 0 Å². The van der Waals surface area contributed by atoms with Crippen LogP contribution in [0.4, 0.5) is 4.79 Å². The summed E-state index contributed by atoms with van der Waals surface area (Å²) in [5.41, 5.74) is 0. The molecule has 3 rings (SSSR count). The van der Waals surface area contributed by atoms with Gasteiger partial charge in [-0.15, -0.1) is 11.3 Å². The van der Waals surface area contributed by atoms with Gasteiger partial charge in [0.1, 0.15) is 0 Å². The summed E-state index contributed by atoms with van der Waals surface area (Å²) >= 11 is 1.40. The maximum atomic E-state index is 12.2. The molecular formula is C12H13N3O3S. The van der Waals surface area contributed by atoms with Crippen LogP contribution in [0, 0.1) is 0 Å². The van der Waals surface area contributed by atoms with Crippen LogP contribution in [0.15, 0.2) is 17.5 Å². The zero-order chi connectivity index (χ0) is 13.4. The van der Waals surface area contributed by atoms with E-state index in [1.54, 1.807) is 11.0 Å². The first-order valence-corrected chi connectivity index (χ1v) is 6.97. The number of urea groups is 1. The molecule has 1 N–H and O–H groups in total. The van der Waals surface area contributed by atoms with Crippen molar-refractivity contribution in [2.24, 2.45) is 0 Å². The molecule has 2 fully saturated rings. The van der Waals surface area contributed by atoms with Crippen LogP contribution in [0.2, 0.25) is 0 Å². The molecule has 3 heterocycles. The summed E-state index contributed by atoms with van der Waals surface area (Å²) in [5.74, 6) is -0.232. The minimum Gasteiger partial charge on any atom is -0.336 e. The molecule has 19 heavy (non-hydrogen) atoms. The average Bonchev–Trinajstić information content (AvgIpc) is 3.10. The Kier molecular flexibility index (Phi) is 2.98. The van der Waals surface area contributed by atoms with Gasteiger partial charge in [-0.05, 0) is 17.9 Å². The van der Waals surface area contributed by atoms with Gasteiger partial charge in [0.2, 0.25) is 5.91 Å². The lowest BCUT2D eigenvalue weighted by Gasteiger charge is -2.21. The number of nitrogens with one attached hydrogen (secondary N) is 1. The molecule has 2 saturated heterocycles. The summed E-state index contributed by atoms with van der Waals surface area (Å²) < 4.78 is 0. The van der Waals surface area contributed by atoms with E-state index in [-0.39, 0.29) is 30.4 Å². The van der Waals surface area contributed by atoms with E-state index in [2.05, 4.69) is 5.32 Å². The Morgan fingerprint density at radius 1 is 1.42 bits per heavy atom. The molecule has 2 aliphatic heterocycles. The zero-order valence-electron chi connectivity index (χ0n) is 10.2. The van der Waals surface area contributed by atoms with E-state index in [4.69, 9.17) is 0 Å². The van der Waals surface area contributed by atoms with Crippen molar-refractivity contribution in [3.8, 4) is 0 Å². The molecule has 0 radical (unpaired) electrons. The number of imide groups is 1. The summed E-state index contributed by atoms with van der Waals surface area (Å²) in [6.45, 7) is 1.07. The van der Waals surface area contributed by atoms with Gasteiger partial charge in [-0.3, -0.25) is 14.5 Å². The van der Waals surface area contributed by atoms with Gasteiger partial charge in [0.05, 0.1) is 17.5 Å². The molecule has 0 aliphatic carbocycles. The zero-order valence-corrected chi connectivity index (χ0v) is 11.0. The first kappa shape index (κ1) is 12.2. The smallest absolute Gasteiger partial charge is 0.324 e. The van der Waals surface area contributed by atoms with Gasteiger partial charge in [-0.2, -0.15) is 0 Å². The number of carbonyl (C=O) groups excluding carboxylic acids is 3. The summed E-state index contributed by atoms with van der Waals surface area (Å²) in [5, 5.41) is 4.36. The molecule has 0 aromatic carbocycles. The highest BCUT2D eigenvalue weighted by atomic mass is 32.1. The second kappa shape index (κ2) is 4.65. The number of nitrogens with zero attached hydrogens (tertiary/aromatic N) is 2. The third-order valence-corrected chi connectivity index (χ3v) is 4.28. The van der Waals surface area contributed by atoms with Crippen molar-refractivity contribution < 1.29 is 14.4 Å². The summed E-state index contributed by atoms with van der Waals surface area (Å²) in [6.07, 6.45) is 0.649. The predicted octanol–water partition coefficient (Wildman–Crippen LogP) is 0.514. The number of amides is 4. The summed E-state index contributed by atoms with van der Waals surface area (Å²) in [7, 11) is 0. The molecule has 0 saturated carbocycles. The first-order valence-electron chi connectivity index (χ1n) is 6.09. The van der Waals surface area contributed by atoms with E-state index in [9.17, 15) is 14.4 Å². The fourth-order valence-electron chi connectivity index (χ4n) is 2.50. The molecule has 100 valence electrons. The minimum absolute atomic E-state index is 0.0236. The molecule has 7 heteroatoms. The second-order valence-electron chi connectivity index (χ2n) is 4.59. The SMILES string of the molecule is O=C(c1cccs1)N1CCC(N2C(=O)CNC2=O)C1. The number of hydrogen-bond donors (Lipinski definition) is 1. The van der Waals surface area contributed by atoms with Crippen molar-refractivity contribution in [3.05, 3.63) is 22.4 Å². The normalized spacial score (nSPS) is 23.1. The van der Waals surface area contributed by atoms with Gasteiger partial charge in [-0.1, -0.05) is 6.07 Å². The number of likely N-dealkylation sites (tertiary alicyclic amines) is 1. The van der Waals surface area contributed by atoms with Crippen LogP contribution in [-0.2, 0) is 4.79 Å². The maximum absolute atomic E-state index is 12.2. The van der Waals surface area contributed by atoms with Crippen LogP contribution in [0.1, 0.15) is 16.1 Å². The fourth-order valence-corrected chi connectivity index (χ4v) is 3.19. The Labute approximate surface area is 114 Å². The number of thiophene rings is 1. The number of hydrogen-bond acceptors (Lipinski definition) is 4. The van der Waals surface area contributed by atoms with Crippen LogP contribution in [0.25, 0.3) is 0 Å². The standard InChI is InChI=1S/C12H13N3O3S/c16-10-6-13-12(18)15(10)8-3-4-14(7-8)11(17)9-2-1-5-19-9/h1-2,5,8H,3-4,6-7H2,(H,13,18). The Morgan fingerprint density at radius 2 is 2.26 bits per heavy atom. The quantitative estimate of drug-likeness (QED) is 0.802. The first-order chi connectivity index (χ1) is 9.16. The van der Waals surface area contributed by atoms with Crippen molar-refractivity contribution in [2.45, 2.75) is 12.5 Å². The highest BCUT2D eigenvalue weighted by Crippen LogP contribution is 2.21. The topological polar surface area (TPSA) is 69.7 Å². The monoisotopic (exact) mass is 279 g/mol. The molecule has 0 spiro atoms. The van der Waals surface area contributed by atoms with E-state index in [0.29, 0.717) is 24.4 Å². The van der Waals surface area contributed by atoms with Crippen LogP contribution in [0.5, 0.6) is 0 Å². The lowest BCUT2D eigenvalue weighted by Crippen LogP contribution is -2.42. The molecule has 4 amide bonds. The maximum Gasteiger partial charge on any atom is 0.324 e. The second-order valence-corrected chi connectivity index (χ2v) is 5.54. The van der Waals surface area contributed by atoms with Gasteiger partial charge in [0, 0.05) is 13.1 Å². The largest absolute Gasteiger partial charge is 0.336 e. The van der Waals surface area contributed by atoms with Crippen molar-refractivity contribution >= 4 is 29.2 Å². The van der Waals surface area contributed by atoms with Crippen LogP contribution in [0.3, 0.4) is 0 Å². The summed E-state index contributed by atoms with van der Waals surface area (Å²) in [6, 6.07) is 3.08. The van der Waals surface area contributed by atoms with E-state index < -0.39 is 0 Å². The van der Waals surface area contributed by atoms with E-state index in [1.807, 2.05) is 11.4 Å². The highest BCUT2D eigenvalue weighted by molar-refractivity contribution is 7.12. The van der Waals surface area contributed by atoms with E-state index >= 15 is 0 Å². The van der Waals surface area contributed by atoms with E-state index in [1.165, 1.54) is 16.2 Å². The molecule has 1 unspecified atom stereocenters. The lowest BCUT2D eigenvalue weighted by molar-refractivity contribution is -0.126. The van der Waals surface area contributed by atoms with Gasteiger partial charge < -0.3 is 10.2 Å². The average molecular weight is 279 g/mol. The Morgan fingerprint density at radius 3 is 2.89 bits per heavy atom. The molecule has 2 aliphatic rings. The van der Waals surface area contributed by atoms with Crippen molar-refractivity contribution in [1.82, 2.24) is 15.1 Å². The van der Waals surface area contributed by atoms with Gasteiger partial charge in [0.15, 0.2) is 0 Å². The van der Waals surface area contributed by atoms with Gasteiger partial charge in [-0.25, -0.2) is 4.79 Å². The molecule has 6 nitrogen and oxygen atoms in total. The predicted molar refractivity (Wildman–Crippen MR) is 68.9 cm³/mol. The van der Waals surface area contributed by atoms with Crippen LogP contribution < -0.4 is 5.32 Å². The van der Waals surface area contributed by atoms with Crippen LogP contribution >= 0.6 is 11.3 Å². The van der Waals surface area contributed by atoms with E-state index in [0.717, 1.165) is 0 Å². The molecule has 0 bridgehead atoms. The van der Waals surface area contributed by atoms with Gasteiger partial charge >= 0.3 is 6.03 Å². The Hall–Kier alpha value is -1.89. The number of rotatable bonds is 2. The highest BCUT2D eigenvalue weighted by Gasteiger charge is 2.39. The fraction of sp³-hybridized carbons (Fsp3) is 0.417. The molecular weight excluding hydrogens is 266 g/mol. The molecule has 1 aromatic rings. The third kappa shape index (κ3) is 2.10. The number of carbonyl (C=O) groups is 3. The van der Waals surface area contributed by atoms with Crippen molar-refractivity contribution in [1.29, 1.82) is 0 Å². The summed E-state index contributed by atoms with van der Waals surface area (Å²) in [4.78, 5) is 39.0. The third-order valence-electron chi connectivity index (χ3n) is 3.43. The van der Waals surface area contributed by atoms with Crippen LogP contribution in [-0.4, -0.2) is 53.3 Å². The molecule has 1 atom stereocenters.